The average molecular weight is 390 g/mol. The van der Waals surface area contributed by atoms with Crippen molar-refractivity contribution in [3.63, 3.8) is 0 Å². The van der Waals surface area contributed by atoms with Gasteiger partial charge >= 0.3 is 0 Å². The summed E-state index contributed by atoms with van der Waals surface area (Å²) in [6.07, 6.45) is 0. The first-order valence-electron chi connectivity index (χ1n) is 6.29. The van der Waals surface area contributed by atoms with Gasteiger partial charge in [-0.1, -0.05) is 26.0 Å². The van der Waals surface area contributed by atoms with Crippen molar-refractivity contribution in [3.8, 4) is 11.5 Å². The van der Waals surface area contributed by atoms with E-state index in [1.807, 2.05) is 24.3 Å². The maximum atomic E-state index is 11.3. The van der Waals surface area contributed by atoms with Crippen molar-refractivity contribution in [3.05, 3.63) is 52.5 Å². The number of rotatable bonds is 4. The standard InChI is InChI=1S/C15H14BrClO3S/c1-10(2)11-3-5-12(6-4-11)20-15-8-7-13(9-14(15)16)21(17,18)19/h3-10H,1-2H3. The maximum absolute atomic E-state index is 11.3. The van der Waals surface area contributed by atoms with E-state index in [9.17, 15) is 8.42 Å². The largest absolute Gasteiger partial charge is 0.456 e. The summed E-state index contributed by atoms with van der Waals surface area (Å²) >= 11 is 3.29. The minimum Gasteiger partial charge on any atom is -0.456 e. The van der Waals surface area contributed by atoms with Gasteiger partial charge in [-0.2, -0.15) is 0 Å². The fourth-order valence-corrected chi connectivity index (χ4v) is 3.15. The van der Waals surface area contributed by atoms with E-state index in [0.29, 0.717) is 21.9 Å². The maximum Gasteiger partial charge on any atom is 0.261 e. The van der Waals surface area contributed by atoms with Crippen LogP contribution in [-0.2, 0) is 9.05 Å². The average Bonchev–Trinajstić information content (AvgIpc) is 2.40. The normalized spacial score (nSPS) is 11.7. The summed E-state index contributed by atoms with van der Waals surface area (Å²) in [4.78, 5) is 0.0264. The second-order valence-electron chi connectivity index (χ2n) is 4.86. The van der Waals surface area contributed by atoms with E-state index in [1.54, 1.807) is 6.07 Å². The fourth-order valence-electron chi connectivity index (χ4n) is 1.76. The third-order valence-corrected chi connectivity index (χ3v) is 4.93. The zero-order valence-electron chi connectivity index (χ0n) is 11.5. The first-order valence-corrected chi connectivity index (χ1v) is 9.39. The van der Waals surface area contributed by atoms with Crippen molar-refractivity contribution in [1.82, 2.24) is 0 Å². The highest BCUT2D eigenvalue weighted by atomic mass is 79.9. The summed E-state index contributed by atoms with van der Waals surface area (Å²) < 4.78 is 28.8. The van der Waals surface area contributed by atoms with Crippen LogP contribution in [0, 0.1) is 0 Å². The first kappa shape index (κ1) is 16.3. The van der Waals surface area contributed by atoms with Gasteiger partial charge in [0.1, 0.15) is 11.5 Å². The molecule has 0 N–H and O–H groups in total. The number of benzene rings is 2. The SMILES string of the molecule is CC(C)c1ccc(Oc2ccc(S(=O)(=O)Cl)cc2Br)cc1. The second kappa shape index (κ2) is 6.38. The van der Waals surface area contributed by atoms with Crippen molar-refractivity contribution in [2.75, 3.05) is 0 Å². The zero-order chi connectivity index (χ0) is 15.6. The van der Waals surface area contributed by atoms with Crippen LogP contribution in [0.3, 0.4) is 0 Å². The van der Waals surface area contributed by atoms with Crippen LogP contribution in [0.5, 0.6) is 11.5 Å². The molecule has 0 aliphatic rings. The Kier molecular flexibility index (Phi) is 4.96. The number of hydrogen-bond acceptors (Lipinski definition) is 3. The lowest BCUT2D eigenvalue weighted by molar-refractivity contribution is 0.478. The Hall–Kier alpha value is -1.04. The van der Waals surface area contributed by atoms with Gasteiger partial charge < -0.3 is 4.74 Å². The van der Waals surface area contributed by atoms with Crippen LogP contribution in [-0.4, -0.2) is 8.42 Å². The molecule has 21 heavy (non-hydrogen) atoms. The molecule has 0 aromatic heterocycles. The van der Waals surface area contributed by atoms with Crippen molar-refractivity contribution in [2.24, 2.45) is 0 Å². The van der Waals surface area contributed by atoms with E-state index in [1.165, 1.54) is 17.7 Å². The molecule has 0 saturated carbocycles. The zero-order valence-corrected chi connectivity index (χ0v) is 14.7. The Morgan fingerprint density at radius 2 is 1.71 bits per heavy atom. The lowest BCUT2D eigenvalue weighted by Crippen LogP contribution is -1.92. The van der Waals surface area contributed by atoms with Gasteiger partial charge in [0.25, 0.3) is 9.05 Å². The summed E-state index contributed by atoms with van der Waals surface area (Å²) in [5, 5.41) is 0. The first-order chi connectivity index (χ1) is 9.77. The Bertz CT molecular complexity index is 740. The Morgan fingerprint density at radius 3 is 2.19 bits per heavy atom. The molecule has 6 heteroatoms. The molecule has 0 amide bonds. The van der Waals surface area contributed by atoms with Crippen molar-refractivity contribution in [1.29, 1.82) is 0 Å². The molecule has 2 aromatic rings. The third-order valence-electron chi connectivity index (χ3n) is 2.96. The van der Waals surface area contributed by atoms with E-state index >= 15 is 0 Å². The molecule has 0 aliphatic heterocycles. The summed E-state index contributed by atoms with van der Waals surface area (Å²) in [7, 11) is 1.56. The molecule has 0 fully saturated rings. The lowest BCUT2D eigenvalue weighted by atomic mass is 10.0. The predicted molar refractivity (Wildman–Crippen MR) is 87.8 cm³/mol. The van der Waals surface area contributed by atoms with Crippen molar-refractivity contribution in [2.45, 2.75) is 24.7 Å². The van der Waals surface area contributed by atoms with Crippen molar-refractivity contribution >= 4 is 35.7 Å². The van der Waals surface area contributed by atoms with Gasteiger partial charge in [-0.05, 0) is 57.7 Å². The van der Waals surface area contributed by atoms with Crippen LogP contribution in [0.2, 0.25) is 0 Å². The van der Waals surface area contributed by atoms with Gasteiger partial charge in [0.15, 0.2) is 0 Å². The smallest absolute Gasteiger partial charge is 0.261 e. The Labute approximate surface area is 137 Å². The van der Waals surface area contributed by atoms with Crippen LogP contribution in [0.4, 0.5) is 0 Å². The predicted octanol–water partition coefficient (Wildman–Crippen LogP) is 5.29. The van der Waals surface area contributed by atoms with Gasteiger partial charge in [-0.15, -0.1) is 0 Å². The summed E-state index contributed by atoms with van der Waals surface area (Å²) in [6, 6.07) is 12.2. The summed E-state index contributed by atoms with van der Waals surface area (Å²) in [5.41, 5.74) is 1.23. The molecule has 2 aromatic carbocycles. The highest BCUT2D eigenvalue weighted by Crippen LogP contribution is 2.33. The minimum absolute atomic E-state index is 0.0264. The molecule has 0 spiro atoms. The molecule has 0 heterocycles. The third kappa shape index (κ3) is 4.22. The second-order valence-corrected chi connectivity index (χ2v) is 8.28. The van der Waals surface area contributed by atoms with E-state index in [2.05, 4.69) is 29.8 Å². The lowest BCUT2D eigenvalue weighted by Gasteiger charge is -2.10. The molecular weight excluding hydrogens is 376 g/mol. The molecule has 0 bridgehead atoms. The molecule has 112 valence electrons. The van der Waals surface area contributed by atoms with Crippen LogP contribution in [0.15, 0.2) is 51.8 Å². The molecule has 0 saturated heterocycles. The van der Waals surface area contributed by atoms with E-state index < -0.39 is 9.05 Å². The molecular formula is C15H14BrClO3S. The molecule has 0 radical (unpaired) electrons. The van der Waals surface area contributed by atoms with Crippen LogP contribution < -0.4 is 4.74 Å². The highest BCUT2D eigenvalue weighted by Gasteiger charge is 2.13. The van der Waals surface area contributed by atoms with Gasteiger partial charge in [-0.25, -0.2) is 8.42 Å². The number of hydrogen-bond donors (Lipinski definition) is 0. The van der Waals surface area contributed by atoms with Gasteiger partial charge in [0.05, 0.1) is 9.37 Å². The monoisotopic (exact) mass is 388 g/mol. The molecule has 0 unspecified atom stereocenters. The van der Waals surface area contributed by atoms with Crippen molar-refractivity contribution < 1.29 is 13.2 Å². The molecule has 0 aliphatic carbocycles. The van der Waals surface area contributed by atoms with Crippen LogP contribution >= 0.6 is 26.6 Å². The highest BCUT2D eigenvalue weighted by molar-refractivity contribution is 9.10. The molecule has 2 rings (SSSR count). The quantitative estimate of drug-likeness (QED) is 0.667. The van der Waals surface area contributed by atoms with Gasteiger partial charge in [0.2, 0.25) is 0 Å². The van der Waals surface area contributed by atoms with Gasteiger partial charge in [-0.3, -0.25) is 0 Å². The summed E-state index contributed by atoms with van der Waals surface area (Å²) in [5.74, 6) is 1.66. The molecule has 3 nitrogen and oxygen atoms in total. The van der Waals surface area contributed by atoms with Crippen LogP contribution in [0.1, 0.15) is 25.3 Å². The number of halogens is 2. The number of ether oxygens (including phenoxy) is 1. The van der Waals surface area contributed by atoms with E-state index in [0.717, 1.165) is 0 Å². The Balaban J connectivity index is 2.24. The minimum atomic E-state index is -3.74. The summed E-state index contributed by atoms with van der Waals surface area (Å²) in [6.45, 7) is 4.25. The van der Waals surface area contributed by atoms with E-state index in [-0.39, 0.29) is 4.90 Å². The van der Waals surface area contributed by atoms with E-state index in [4.69, 9.17) is 15.4 Å². The topological polar surface area (TPSA) is 43.4 Å². The van der Waals surface area contributed by atoms with Gasteiger partial charge in [0, 0.05) is 10.7 Å². The Morgan fingerprint density at radius 1 is 1.10 bits per heavy atom. The van der Waals surface area contributed by atoms with Crippen LogP contribution in [0.25, 0.3) is 0 Å². The fraction of sp³-hybridized carbons (Fsp3) is 0.200. The molecule has 0 atom stereocenters.